The highest BCUT2D eigenvalue weighted by Gasteiger charge is 2.35. The molecule has 0 fully saturated rings. The molecule has 36 heteroatoms. The summed E-state index contributed by atoms with van der Waals surface area (Å²) in [4.78, 5) is 138. The van der Waals surface area contributed by atoms with Crippen molar-refractivity contribution in [1.29, 1.82) is 0 Å². The number of aromatic nitrogens is 3. The Kier molecular flexibility index (Phi) is 29.0. The fourth-order valence-corrected chi connectivity index (χ4v) is 11.4. The van der Waals surface area contributed by atoms with Crippen molar-refractivity contribution in [2.45, 2.75) is 102 Å². The summed E-state index contributed by atoms with van der Waals surface area (Å²) in [5.74, 6) is -27.5. The van der Waals surface area contributed by atoms with E-state index in [-0.39, 0.29) is 75.3 Å². The number of carbonyl (C=O) groups excluding carboxylic acids is 6. The van der Waals surface area contributed by atoms with Gasteiger partial charge in [0.05, 0.1) is 40.3 Å². The predicted molar refractivity (Wildman–Crippen MR) is 374 cm³/mol. The van der Waals surface area contributed by atoms with E-state index in [0.717, 1.165) is 44.0 Å². The molecule has 1 unspecified atom stereocenters. The van der Waals surface area contributed by atoms with Crippen LogP contribution in [0.4, 0.5) is 52.7 Å². The first-order valence-electron chi connectivity index (χ1n) is 32.6. The lowest BCUT2D eigenvalue weighted by atomic mass is 10.0. The van der Waals surface area contributed by atoms with Crippen molar-refractivity contribution in [1.82, 2.24) is 29.7 Å². The van der Waals surface area contributed by atoms with Crippen LogP contribution < -0.4 is 42.1 Å². The van der Waals surface area contributed by atoms with Gasteiger partial charge in [0.25, 0.3) is 16.7 Å². The number of ketones is 3. The summed E-state index contributed by atoms with van der Waals surface area (Å²) in [7, 11) is 0. The summed E-state index contributed by atoms with van der Waals surface area (Å²) < 4.78 is 173. The van der Waals surface area contributed by atoms with Crippen molar-refractivity contribution >= 4 is 103 Å². The number of rotatable bonds is 29. The Morgan fingerprint density at radius 1 is 0.464 bits per heavy atom. The summed E-state index contributed by atoms with van der Waals surface area (Å²) in [6.07, 6.45) is -2.93. The molecule has 0 aliphatic carbocycles. The van der Waals surface area contributed by atoms with E-state index >= 15 is 0 Å². The highest BCUT2D eigenvalue weighted by molar-refractivity contribution is 6.42. The molecule has 22 nitrogen and oxygen atoms in total. The molecule has 6 aromatic carbocycles. The highest BCUT2D eigenvalue weighted by atomic mass is 35.5. The van der Waals surface area contributed by atoms with E-state index in [2.05, 4.69) is 32.0 Å². The van der Waals surface area contributed by atoms with Crippen LogP contribution in [0.1, 0.15) is 83.0 Å². The third kappa shape index (κ3) is 20.7. The average molecular weight is 1590 g/mol. The van der Waals surface area contributed by atoms with Gasteiger partial charge in [-0.2, -0.15) is 30.7 Å². The summed E-state index contributed by atoms with van der Waals surface area (Å²) in [5, 5.41) is 36.3. The van der Waals surface area contributed by atoms with E-state index < -0.39 is 197 Å². The molecule has 6 atom stereocenters. The maximum absolute atomic E-state index is 13.8. The van der Waals surface area contributed by atoms with Crippen LogP contribution in [0.3, 0.4) is 0 Å². The van der Waals surface area contributed by atoms with Gasteiger partial charge in [0, 0.05) is 53.3 Å². The number of nitrogens with one attached hydrogen (secondary N) is 3. The number of fused-ring (bicyclic) bond motifs is 3. The van der Waals surface area contributed by atoms with Gasteiger partial charge >= 0.3 is 18.1 Å². The van der Waals surface area contributed by atoms with Crippen LogP contribution >= 0.6 is 23.2 Å². The monoisotopic (exact) mass is 1590 g/mol. The van der Waals surface area contributed by atoms with Crippen LogP contribution in [0.25, 0.3) is 43.4 Å². The Morgan fingerprint density at radius 2 is 0.827 bits per heavy atom. The zero-order valence-corrected chi connectivity index (χ0v) is 59.0. The van der Waals surface area contributed by atoms with Gasteiger partial charge in [-0.05, 0) is 95.1 Å². The Labute approximate surface area is 623 Å². The molecule has 0 aliphatic rings. The van der Waals surface area contributed by atoms with Crippen LogP contribution in [-0.2, 0) is 44.5 Å². The van der Waals surface area contributed by atoms with E-state index in [1.807, 2.05) is 42.5 Å². The number of carboxylic acids is 2. The van der Waals surface area contributed by atoms with Crippen LogP contribution in [0.15, 0.2) is 155 Å². The maximum atomic E-state index is 13.8. The number of carbonyl (C=O) groups is 8. The van der Waals surface area contributed by atoms with Gasteiger partial charge in [-0.15, -0.1) is 0 Å². The zero-order valence-electron chi connectivity index (χ0n) is 57.4. The minimum atomic E-state index is -4.75. The summed E-state index contributed by atoms with van der Waals surface area (Å²) in [5.41, 5.74) is -1.21. The molecule has 3 amide bonds. The Hall–Kier alpha value is -11.8. The fourth-order valence-electron chi connectivity index (χ4n) is 11.1. The van der Waals surface area contributed by atoms with Crippen molar-refractivity contribution in [2.75, 3.05) is 19.9 Å². The number of aliphatic hydroxyl groups excluding tert-OH is 1. The number of aliphatic carboxylic acids is 2. The summed E-state index contributed by atoms with van der Waals surface area (Å²) in [6.45, 7) is 4.17. The number of ether oxygens (including phenoxy) is 2. The van der Waals surface area contributed by atoms with Gasteiger partial charge in [0.15, 0.2) is 52.1 Å². The number of nitrogens with zero attached hydrogens (tertiary/aromatic N) is 3. The lowest BCUT2D eigenvalue weighted by molar-refractivity contribution is -0.141. The number of carboxylic acid groups (broad SMARTS) is 2. The van der Waals surface area contributed by atoms with Crippen molar-refractivity contribution in [3.05, 3.63) is 233 Å². The molecule has 9 rings (SSSR count). The van der Waals surface area contributed by atoms with Crippen LogP contribution in [0, 0.1) is 46.5 Å². The van der Waals surface area contributed by atoms with Gasteiger partial charge in [0.2, 0.25) is 41.0 Å². The number of aliphatic hydroxyl groups is 1. The van der Waals surface area contributed by atoms with Gasteiger partial charge < -0.3 is 54.4 Å². The van der Waals surface area contributed by atoms with Gasteiger partial charge in [-0.3, -0.25) is 52.7 Å². The Morgan fingerprint density at radius 3 is 1.20 bits per heavy atom. The molecular weight excluding hydrogens is 1530 g/mol. The third-order valence-corrected chi connectivity index (χ3v) is 17.4. The predicted octanol–water partition coefficient (Wildman–Crippen LogP) is 12.7. The van der Waals surface area contributed by atoms with Crippen LogP contribution in [-0.4, -0.2) is 114 Å². The molecule has 0 radical (unpaired) electrons. The first kappa shape index (κ1) is 85.4. The highest BCUT2D eigenvalue weighted by Crippen LogP contribution is 2.33. The maximum Gasteiger partial charge on any atom is 0.416 e. The summed E-state index contributed by atoms with van der Waals surface area (Å²) >= 11 is 12.0. The number of benzene rings is 6. The largest absolute Gasteiger partial charge is 0.513 e. The normalized spacial score (nSPS) is 12.9. The minimum Gasteiger partial charge on any atom is -0.513 e. The van der Waals surface area contributed by atoms with Crippen molar-refractivity contribution in [3.8, 4) is 22.6 Å². The molecule has 6 N–H and O–H groups in total. The second kappa shape index (κ2) is 37.3. The molecule has 0 spiro atoms. The second-order valence-electron chi connectivity index (χ2n) is 24.0. The molecule has 110 heavy (non-hydrogen) atoms. The fraction of sp³-hybridized carbons (Fsp3) is 0.257. The van der Waals surface area contributed by atoms with E-state index in [4.69, 9.17) is 28.3 Å². The van der Waals surface area contributed by atoms with Gasteiger partial charge in [-0.25, -0.2) is 22.0 Å². The molecule has 0 saturated carbocycles. The van der Waals surface area contributed by atoms with Crippen LogP contribution in [0.5, 0.6) is 11.5 Å². The molecule has 3 heterocycles. The van der Waals surface area contributed by atoms with E-state index in [9.17, 15) is 116 Å². The molecular formula is C74H62Cl2F12N6O16. The Bertz CT molecular complexity index is 5210. The topological polar surface area (TPSA) is 318 Å². The third-order valence-electron chi connectivity index (χ3n) is 16.7. The smallest absolute Gasteiger partial charge is 0.416 e. The van der Waals surface area contributed by atoms with Gasteiger partial charge in [0.1, 0.15) is 50.1 Å². The summed E-state index contributed by atoms with van der Waals surface area (Å²) in [6, 6.07) is 16.4. The average Bonchev–Trinajstić information content (AvgIpc) is 0.790. The van der Waals surface area contributed by atoms with Gasteiger partial charge in [-0.1, -0.05) is 99.1 Å². The SMILES string of the molecule is C=C(O)CC(NC(=O)[C@H](CC)n1ccc2ccc(-c3ccccc3)cc2c1=O)C(=O)CF.CC[C@@H](C(=O)N[C@@H](CC(=O)O)C(=O)COc1c(F)c(F)cc(F)c1F)n1ccc2cc(Cl)c(Cl)cc2c1=O.CC[C@@H](C(=O)N[C@@H](CC(=O)O)C(=O)COc1c(F)c(F)cc(F)c1F)n1ccc2ccc(C(F)(F)F)cc2c1=O. The number of amides is 3. The van der Waals surface area contributed by atoms with E-state index in [0.29, 0.717) is 16.8 Å². The molecule has 0 aliphatic heterocycles. The first-order chi connectivity index (χ1) is 51.8. The number of alkyl halides is 4. The number of Topliss-reactive ketones (excluding diaryl/α,β-unsaturated/α-hetero) is 3. The molecule has 3 aromatic heterocycles. The van der Waals surface area contributed by atoms with Crippen LogP contribution in [0.2, 0.25) is 10.0 Å². The van der Waals surface area contributed by atoms with Crippen molar-refractivity contribution in [2.24, 2.45) is 0 Å². The number of pyridine rings is 3. The zero-order chi connectivity index (χ0) is 81.5. The van der Waals surface area contributed by atoms with E-state index in [1.165, 1.54) is 48.1 Å². The molecule has 9 aromatic rings. The second-order valence-corrected chi connectivity index (χ2v) is 24.8. The molecule has 0 bridgehead atoms. The number of hydrogen-bond donors (Lipinski definition) is 6. The quantitative estimate of drug-likeness (QED) is 0.0144. The first-order valence-corrected chi connectivity index (χ1v) is 33.3. The number of hydrogen-bond acceptors (Lipinski definition) is 14. The van der Waals surface area contributed by atoms with Crippen molar-refractivity contribution in [3.63, 3.8) is 0 Å². The molecule has 0 saturated heterocycles. The van der Waals surface area contributed by atoms with Crippen molar-refractivity contribution < 1.29 is 116 Å². The standard InChI is InChI=1S/C25H19F7N2O6.C25H25FN2O4.C24H18Cl2F4N2O6/c1-2-17(34-6-5-11-3-4-12(25(30,31)32)7-13(11)24(34)39)23(38)33-16(9-19(36)37)18(35)10-40-22-20(28)14(26)8-15(27)21(22)29;1-3-22(24(31)27-21(13-16(2)29)23(30)15-26)28-12-11-18-9-10-19(14-20(18)25(28)32)17-7-5-4-6-8-17;1-2-17(32-4-3-10-5-12(25)13(26)6-11(10)24(32)37)23(36)31-16(8-19(34)35)18(33)9-38-22-20(29)14(27)7-15(28)21(22)30/h3-8,16-17H,2,9-10H2,1H3,(H,33,38)(H,36,37);4-12,14,21-22,29H,2-3,13,15H2,1H3,(H,27,31);3-7,16-17H,2,8-9H2,1H3,(H,31,36)(H,34,35)/t16-,17-;21?,22-;16-,17-/m000/s1. The van der Waals surface area contributed by atoms with E-state index in [1.54, 1.807) is 26.0 Å². The Balaban J connectivity index is 0.000000231. The number of halogens is 14. The lowest BCUT2D eigenvalue weighted by Gasteiger charge is -2.22. The lowest BCUT2D eigenvalue weighted by Crippen LogP contribution is -2.47. The minimum absolute atomic E-state index is 0.0298. The molecule has 582 valence electrons.